The zero-order chi connectivity index (χ0) is 21.3. The zero-order valence-corrected chi connectivity index (χ0v) is 17.1. The lowest BCUT2D eigenvalue weighted by molar-refractivity contribution is -0.117. The van der Waals surface area contributed by atoms with Crippen LogP contribution in [0.2, 0.25) is 0 Å². The third-order valence-corrected chi connectivity index (χ3v) is 4.43. The number of amides is 2. The standard InChI is InChI=1S/C24H25N3O3/c1-25-24(29)19-10-8-18(9-11-19)16-27(2)17-23(28)26-20-12-14-22(15-13-20)30-21-6-4-3-5-7-21/h3-15H,16-17H2,1-2H3,(H,25,29)(H,26,28). The van der Waals surface area contributed by atoms with Gasteiger partial charge in [-0.25, -0.2) is 0 Å². The fraction of sp³-hybridized carbons (Fsp3) is 0.167. The number of hydrogen-bond acceptors (Lipinski definition) is 4. The summed E-state index contributed by atoms with van der Waals surface area (Å²) in [5.41, 5.74) is 2.35. The summed E-state index contributed by atoms with van der Waals surface area (Å²) in [6.45, 7) is 0.852. The molecule has 0 aliphatic heterocycles. The molecule has 0 unspecified atom stereocenters. The van der Waals surface area contributed by atoms with Crippen molar-refractivity contribution in [2.75, 3.05) is 26.0 Å². The van der Waals surface area contributed by atoms with E-state index < -0.39 is 0 Å². The van der Waals surface area contributed by atoms with Gasteiger partial charge in [-0.2, -0.15) is 0 Å². The first-order chi connectivity index (χ1) is 14.5. The predicted molar refractivity (Wildman–Crippen MR) is 118 cm³/mol. The molecule has 0 heterocycles. The number of likely N-dealkylation sites (N-methyl/N-ethyl adjacent to an activating group) is 1. The third-order valence-electron chi connectivity index (χ3n) is 4.43. The molecule has 0 bridgehead atoms. The Bertz CT molecular complexity index is 971. The van der Waals surface area contributed by atoms with Crippen molar-refractivity contribution in [3.63, 3.8) is 0 Å². The molecule has 154 valence electrons. The molecule has 0 aromatic heterocycles. The van der Waals surface area contributed by atoms with E-state index >= 15 is 0 Å². The van der Waals surface area contributed by atoms with Gasteiger partial charge >= 0.3 is 0 Å². The second-order valence-electron chi connectivity index (χ2n) is 6.94. The Hall–Kier alpha value is -3.64. The van der Waals surface area contributed by atoms with E-state index in [2.05, 4.69) is 10.6 Å². The topological polar surface area (TPSA) is 70.7 Å². The van der Waals surface area contributed by atoms with E-state index in [1.54, 1.807) is 19.2 Å². The molecule has 3 aromatic rings. The molecular formula is C24H25N3O3. The lowest BCUT2D eigenvalue weighted by Gasteiger charge is -2.16. The zero-order valence-electron chi connectivity index (χ0n) is 17.1. The molecule has 3 rings (SSSR count). The Morgan fingerprint density at radius 2 is 1.50 bits per heavy atom. The molecule has 2 N–H and O–H groups in total. The van der Waals surface area contributed by atoms with E-state index in [0.29, 0.717) is 23.5 Å². The van der Waals surface area contributed by atoms with Crippen molar-refractivity contribution < 1.29 is 14.3 Å². The lowest BCUT2D eigenvalue weighted by atomic mass is 10.1. The van der Waals surface area contributed by atoms with Crippen LogP contribution in [0.25, 0.3) is 0 Å². The number of anilines is 1. The van der Waals surface area contributed by atoms with E-state index in [9.17, 15) is 9.59 Å². The van der Waals surface area contributed by atoms with Crippen LogP contribution in [0, 0.1) is 0 Å². The van der Waals surface area contributed by atoms with Crippen LogP contribution in [-0.4, -0.2) is 37.4 Å². The molecule has 0 radical (unpaired) electrons. The molecule has 2 amide bonds. The number of carbonyl (C=O) groups excluding carboxylic acids is 2. The summed E-state index contributed by atoms with van der Waals surface area (Å²) in [6, 6.07) is 24.1. The fourth-order valence-electron chi connectivity index (χ4n) is 2.95. The molecule has 0 aliphatic rings. The predicted octanol–water partition coefficient (Wildman–Crippen LogP) is 3.91. The molecule has 0 atom stereocenters. The van der Waals surface area contributed by atoms with Crippen molar-refractivity contribution in [2.45, 2.75) is 6.54 Å². The first-order valence-corrected chi connectivity index (χ1v) is 9.66. The Morgan fingerprint density at radius 1 is 0.867 bits per heavy atom. The summed E-state index contributed by atoms with van der Waals surface area (Å²) in [7, 11) is 3.48. The van der Waals surface area contributed by atoms with Crippen molar-refractivity contribution >= 4 is 17.5 Å². The van der Waals surface area contributed by atoms with Gasteiger partial charge in [0.15, 0.2) is 0 Å². The van der Waals surface area contributed by atoms with Crippen LogP contribution < -0.4 is 15.4 Å². The maximum Gasteiger partial charge on any atom is 0.251 e. The average Bonchev–Trinajstić information content (AvgIpc) is 2.75. The Labute approximate surface area is 176 Å². The first-order valence-electron chi connectivity index (χ1n) is 9.66. The lowest BCUT2D eigenvalue weighted by Crippen LogP contribution is -2.29. The number of carbonyl (C=O) groups is 2. The molecule has 30 heavy (non-hydrogen) atoms. The maximum absolute atomic E-state index is 12.3. The van der Waals surface area contributed by atoms with E-state index in [1.165, 1.54) is 0 Å². The van der Waals surface area contributed by atoms with E-state index in [4.69, 9.17) is 4.74 Å². The highest BCUT2D eigenvalue weighted by molar-refractivity contribution is 5.94. The minimum absolute atomic E-state index is 0.101. The summed E-state index contributed by atoms with van der Waals surface area (Å²) >= 11 is 0. The number of nitrogens with one attached hydrogen (secondary N) is 2. The van der Waals surface area contributed by atoms with Gasteiger partial charge in [0.25, 0.3) is 5.91 Å². The van der Waals surface area contributed by atoms with Crippen molar-refractivity contribution in [3.8, 4) is 11.5 Å². The van der Waals surface area contributed by atoms with Gasteiger partial charge in [0.1, 0.15) is 11.5 Å². The number of nitrogens with zero attached hydrogens (tertiary/aromatic N) is 1. The smallest absolute Gasteiger partial charge is 0.251 e. The van der Waals surface area contributed by atoms with Crippen LogP contribution in [0.1, 0.15) is 15.9 Å². The van der Waals surface area contributed by atoms with Gasteiger partial charge in [0.2, 0.25) is 5.91 Å². The van der Waals surface area contributed by atoms with Crippen LogP contribution in [-0.2, 0) is 11.3 Å². The Morgan fingerprint density at radius 3 is 2.13 bits per heavy atom. The molecule has 0 saturated carbocycles. The van der Waals surface area contributed by atoms with E-state index in [0.717, 1.165) is 11.3 Å². The summed E-state index contributed by atoms with van der Waals surface area (Å²) in [4.78, 5) is 25.8. The Balaban J connectivity index is 1.48. The quantitative estimate of drug-likeness (QED) is 0.598. The van der Waals surface area contributed by atoms with E-state index in [-0.39, 0.29) is 18.4 Å². The number of benzene rings is 3. The molecule has 0 spiro atoms. The van der Waals surface area contributed by atoms with Gasteiger partial charge < -0.3 is 15.4 Å². The van der Waals surface area contributed by atoms with Crippen molar-refractivity contribution in [3.05, 3.63) is 90.0 Å². The second kappa shape index (κ2) is 10.2. The normalized spacial score (nSPS) is 10.5. The van der Waals surface area contributed by atoms with Crippen LogP contribution >= 0.6 is 0 Å². The first kappa shape index (κ1) is 21.1. The molecule has 6 nitrogen and oxygen atoms in total. The molecule has 0 aliphatic carbocycles. The minimum atomic E-state index is -0.116. The van der Waals surface area contributed by atoms with Gasteiger partial charge in [-0.15, -0.1) is 0 Å². The highest BCUT2D eigenvalue weighted by atomic mass is 16.5. The van der Waals surface area contributed by atoms with Crippen LogP contribution in [0.3, 0.4) is 0 Å². The molecule has 0 saturated heterocycles. The van der Waals surface area contributed by atoms with Gasteiger partial charge in [-0.05, 0) is 61.1 Å². The summed E-state index contributed by atoms with van der Waals surface area (Å²) < 4.78 is 5.75. The highest BCUT2D eigenvalue weighted by Crippen LogP contribution is 2.22. The van der Waals surface area contributed by atoms with Crippen molar-refractivity contribution in [2.24, 2.45) is 0 Å². The minimum Gasteiger partial charge on any atom is -0.457 e. The monoisotopic (exact) mass is 403 g/mol. The van der Waals surface area contributed by atoms with Gasteiger partial charge in [-0.3, -0.25) is 14.5 Å². The summed E-state index contributed by atoms with van der Waals surface area (Å²) in [5, 5.41) is 5.49. The van der Waals surface area contributed by atoms with Crippen LogP contribution in [0.4, 0.5) is 5.69 Å². The third kappa shape index (κ3) is 6.18. The fourth-order valence-corrected chi connectivity index (χ4v) is 2.95. The van der Waals surface area contributed by atoms with Gasteiger partial charge in [0.05, 0.1) is 6.54 Å². The summed E-state index contributed by atoms with van der Waals surface area (Å²) in [6.07, 6.45) is 0. The molecule has 6 heteroatoms. The largest absolute Gasteiger partial charge is 0.457 e. The molecule has 3 aromatic carbocycles. The highest BCUT2D eigenvalue weighted by Gasteiger charge is 2.09. The average molecular weight is 403 g/mol. The van der Waals surface area contributed by atoms with Gasteiger partial charge in [-0.1, -0.05) is 30.3 Å². The van der Waals surface area contributed by atoms with Crippen molar-refractivity contribution in [1.29, 1.82) is 0 Å². The molecule has 0 fully saturated rings. The van der Waals surface area contributed by atoms with Crippen molar-refractivity contribution in [1.82, 2.24) is 10.2 Å². The Kier molecular flexibility index (Phi) is 7.19. The molecular weight excluding hydrogens is 378 g/mol. The van der Waals surface area contributed by atoms with Crippen LogP contribution in [0.5, 0.6) is 11.5 Å². The number of hydrogen-bond donors (Lipinski definition) is 2. The van der Waals surface area contributed by atoms with E-state index in [1.807, 2.05) is 78.7 Å². The summed E-state index contributed by atoms with van der Waals surface area (Å²) in [5.74, 6) is 1.25. The van der Waals surface area contributed by atoms with Gasteiger partial charge in [0, 0.05) is 24.8 Å². The second-order valence-corrected chi connectivity index (χ2v) is 6.94. The SMILES string of the molecule is CNC(=O)c1ccc(CN(C)CC(=O)Nc2ccc(Oc3ccccc3)cc2)cc1. The number of rotatable bonds is 8. The number of para-hydroxylation sites is 1. The van der Waals surface area contributed by atoms with Crippen LogP contribution in [0.15, 0.2) is 78.9 Å². The number of ether oxygens (including phenoxy) is 1. The maximum atomic E-state index is 12.3.